The van der Waals surface area contributed by atoms with Crippen molar-refractivity contribution in [3.8, 4) is 11.5 Å². The Morgan fingerprint density at radius 1 is 0.759 bits per heavy atom. The lowest BCUT2D eigenvalue weighted by Crippen LogP contribution is -2.55. The lowest BCUT2D eigenvalue weighted by molar-refractivity contribution is -0.133. The Bertz CT molecular complexity index is 2040. The average Bonchev–Trinajstić information content (AvgIpc) is 3.45. The highest BCUT2D eigenvalue weighted by Crippen LogP contribution is 2.36. The number of rotatable bonds is 13. The van der Waals surface area contributed by atoms with Gasteiger partial charge in [-0.25, -0.2) is 0 Å². The van der Waals surface area contributed by atoms with E-state index in [1.165, 1.54) is 11.1 Å². The summed E-state index contributed by atoms with van der Waals surface area (Å²) >= 11 is 0. The minimum Gasteiger partial charge on any atom is -0.508 e. The van der Waals surface area contributed by atoms with Gasteiger partial charge in [-0.15, -0.1) is 0 Å². The van der Waals surface area contributed by atoms with E-state index in [-0.39, 0.29) is 35.6 Å². The number of carbonyl (C=O) groups is 4. The molecule has 3 heterocycles. The Labute approximate surface area is 316 Å². The van der Waals surface area contributed by atoms with Crippen LogP contribution in [0.1, 0.15) is 76.4 Å². The number of fused-ring (bicyclic) bond motifs is 1. The molecular weight excluding hydrogens is 681 g/mol. The number of anilines is 1. The summed E-state index contributed by atoms with van der Waals surface area (Å²) in [6, 6.07) is 30.3. The topological polar surface area (TPSA) is 119 Å². The molecular formula is C44H46N4O6. The second-order valence-electron chi connectivity index (χ2n) is 14.1. The van der Waals surface area contributed by atoms with Crippen LogP contribution < -0.4 is 15.0 Å². The van der Waals surface area contributed by atoms with E-state index in [2.05, 4.69) is 58.4 Å². The maximum atomic E-state index is 13.3. The van der Waals surface area contributed by atoms with E-state index in [9.17, 15) is 24.3 Å². The van der Waals surface area contributed by atoms with Crippen molar-refractivity contribution in [3.63, 3.8) is 0 Å². The summed E-state index contributed by atoms with van der Waals surface area (Å²) in [4.78, 5) is 56.3. The van der Waals surface area contributed by atoms with Crippen LogP contribution in [0.5, 0.6) is 11.5 Å². The molecule has 10 heteroatoms. The number of phenolic OH excluding ortho intramolecular Hbond substituents is 1. The molecule has 54 heavy (non-hydrogen) atoms. The number of nitrogens with one attached hydrogen (secondary N) is 1. The van der Waals surface area contributed by atoms with Crippen molar-refractivity contribution in [1.82, 2.24) is 15.1 Å². The Balaban J connectivity index is 0.865. The SMILES string of the molecule is CCC(=C(c1ccc(O)cc1)c1ccc(OCCCCCN2CCN(c3ccc4c(c3)C(=O)N(C3CC(=O)CNC3=O)C4=O)CC2)cc1)c1ccccc1. The highest BCUT2D eigenvalue weighted by Gasteiger charge is 2.45. The number of Topliss-reactive ketones (excluding diaryl/α,β-unsaturated/α-hetero) is 1. The molecule has 4 aromatic carbocycles. The van der Waals surface area contributed by atoms with Gasteiger partial charge in [-0.2, -0.15) is 0 Å². The zero-order valence-electron chi connectivity index (χ0n) is 30.6. The van der Waals surface area contributed by atoms with E-state index in [4.69, 9.17) is 4.74 Å². The van der Waals surface area contributed by atoms with Gasteiger partial charge in [0.25, 0.3) is 11.8 Å². The first-order valence-corrected chi connectivity index (χ1v) is 18.9. The number of carbonyl (C=O) groups excluding carboxylic acids is 4. The van der Waals surface area contributed by atoms with Crippen LogP contribution >= 0.6 is 0 Å². The molecule has 3 aliphatic rings. The Morgan fingerprint density at radius 2 is 1.44 bits per heavy atom. The fourth-order valence-electron chi connectivity index (χ4n) is 7.68. The van der Waals surface area contributed by atoms with Crippen LogP contribution in [0.3, 0.4) is 0 Å². The van der Waals surface area contributed by atoms with Gasteiger partial charge in [0.15, 0.2) is 5.78 Å². The number of hydrogen-bond acceptors (Lipinski definition) is 8. The molecule has 0 aliphatic carbocycles. The van der Waals surface area contributed by atoms with Crippen molar-refractivity contribution in [2.24, 2.45) is 0 Å². The Kier molecular flexibility index (Phi) is 11.2. The van der Waals surface area contributed by atoms with Crippen molar-refractivity contribution < 1.29 is 29.0 Å². The molecule has 0 aromatic heterocycles. The lowest BCUT2D eigenvalue weighted by atomic mass is 9.88. The van der Waals surface area contributed by atoms with E-state index in [1.807, 2.05) is 36.4 Å². The van der Waals surface area contributed by atoms with E-state index >= 15 is 0 Å². The summed E-state index contributed by atoms with van der Waals surface area (Å²) in [6.45, 7) is 7.16. The molecule has 10 nitrogen and oxygen atoms in total. The zero-order valence-corrected chi connectivity index (χ0v) is 30.6. The molecule has 7 rings (SSSR count). The van der Waals surface area contributed by atoms with E-state index in [0.29, 0.717) is 6.61 Å². The number of ether oxygens (including phenoxy) is 1. The van der Waals surface area contributed by atoms with Crippen LogP contribution in [0.4, 0.5) is 5.69 Å². The highest BCUT2D eigenvalue weighted by molar-refractivity contribution is 6.23. The number of piperazine rings is 1. The van der Waals surface area contributed by atoms with Crippen molar-refractivity contribution in [1.29, 1.82) is 0 Å². The van der Waals surface area contributed by atoms with Gasteiger partial charge in [0.05, 0.1) is 24.3 Å². The molecule has 1 unspecified atom stereocenters. The number of aromatic hydroxyl groups is 1. The molecule has 0 radical (unpaired) electrons. The van der Waals surface area contributed by atoms with Gasteiger partial charge >= 0.3 is 0 Å². The third-order valence-electron chi connectivity index (χ3n) is 10.6. The van der Waals surface area contributed by atoms with E-state index < -0.39 is 23.8 Å². The third kappa shape index (κ3) is 7.94. The summed E-state index contributed by atoms with van der Waals surface area (Å²) in [6.07, 6.45) is 3.81. The van der Waals surface area contributed by atoms with Gasteiger partial charge in [-0.3, -0.25) is 29.0 Å². The number of allylic oxidation sites excluding steroid dienone is 1. The fourth-order valence-corrected chi connectivity index (χ4v) is 7.68. The zero-order chi connectivity index (χ0) is 37.6. The molecule has 2 N–H and O–H groups in total. The second-order valence-corrected chi connectivity index (χ2v) is 14.1. The van der Waals surface area contributed by atoms with E-state index in [0.717, 1.165) is 91.4 Å². The van der Waals surface area contributed by atoms with Gasteiger partial charge in [0.2, 0.25) is 5.91 Å². The lowest BCUT2D eigenvalue weighted by Gasteiger charge is -2.36. The predicted octanol–water partition coefficient (Wildman–Crippen LogP) is 6.19. The number of benzene rings is 4. The molecule has 0 spiro atoms. The van der Waals surface area contributed by atoms with Crippen molar-refractivity contribution >= 4 is 40.3 Å². The first kappa shape index (κ1) is 36.6. The molecule has 3 amide bonds. The Morgan fingerprint density at radius 3 is 2.15 bits per heavy atom. The summed E-state index contributed by atoms with van der Waals surface area (Å²) in [5, 5.41) is 12.4. The number of imide groups is 1. The number of piperidine rings is 1. The number of unbranched alkanes of at least 4 members (excludes halogenated alkanes) is 2. The minimum atomic E-state index is -1.10. The maximum Gasteiger partial charge on any atom is 0.262 e. The maximum absolute atomic E-state index is 13.3. The molecule has 2 saturated heterocycles. The second kappa shape index (κ2) is 16.5. The smallest absolute Gasteiger partial charge is 0.262 e. The summed E-state index contributed by atoms with van der Waals surface area (Å²) in [7, 11) is 0. The van der Waals surface area contributed by atoms with Gasteiger partial charge in [-0.05, 0) is 103 Å². The van der Waals surface area contributed by atoms with E-state index in [1.54, 1.807) is 24.3 Å². The predicted molar refractivity (Wildman–Crippen MR) is 209 cm³/mol. The molecule has 3 aliphatic heterocycles. The van der Waals surface area contributed by atoms with Gasteiger partial charge in [-0.1, -0.05) is 61.5 Å². The Hall–Kier alpha value is -5.74. The summed E-state index contributed by atoms with van der Waals surface area (Å²) in [5.41, 5.74) is 7.16. The van der Waals surface area contributed by atoms with Gasteiger partial charge in [0, 0.05) is 38.3 Å². The standard InChI is InChI=1S/C44H46N4O6/c1-2-37(30-9-5-3-6-10-30)41(31-11-16-34(49)17-12-31)32-13-18-36(19-14-32)54-26-8-4-7-21-46-22-24-47(25-23-46)33-15-20-38-39(27-33)44(53)48(43(38)52)40-28-35(50)29-45-42(40)51/h3,5-6,9-20,27,40,49H,2,4,7-8,21-26,28-29H2,1H3,(H,45,51). The van der Waals surface area contributed by atoms with Gasteiger partial charge < -0.3 is 20.1 Å². The van der Waals surface area contributed by atoms with Crippen LogP contribution in [0.2, 0.25) is 0 Å². The number of phenols is 1. The van der Waals surface area contributed by atoms with Crippen molar-refractivity contribution in [2.75, 3.05) is 50.8 Å². The number of ketones is 1. The molecule has 1 atom stereocenters. The minimum absolute atomic E-state index is 0.0710. The number of nitrogens with zero attached hydrogens (tertiary/aromatic N) is 3. The van der Waals surface area contributed by atoms with Gasteiger partial charge in [0.1, 0.15) is 17.5 Å². The van der Waals surface area contributed by atoms with Crippen LogP contribution in [0.25, 0.3) is 11.1 Å². The molecule has 4 aromatic rings. The molecule has 2 fully saturated rings. The highest BCUT2D eigenvalue weighted by atomic mass is 16.5. The molecule has 278 valence electrons. The fraction of sp³-hybridized carbons (Fsp3) is 0.318. The third-order valence-corrected chi connectivity index (χ3v) is 10.6. The van der Waals surface area contributed by atoms with Crippen LogP contribution in [0, 0.1) is 0 Å². The quantitative estimate of drug-likeness (QED) is 0.0953. The number of hydrogen-bond donors (Lipinski definition) is 2. The first-order chi connectivity index (χ1) is 26.3. The summed E-state index contributed by atoms with van der Waals surface area (Å²) < 4.78 is 6.13. The van der Waals surface area contributed by atoms with Crippen LogP contribution in [-0.4, -0.2) is 90.3 Å². The normalized spacial score (nSPS) is 18.1. The van der Waals surface area contributed by atoms with Crippen LogP contribution in [0.15, 0.2) is 97.1 Å². The first-order valence-electron chi connectivity index (χ1n) is 18.9. The van der Waals surface area contributed by atoms with Crippen molar-refractivity contribution in [3.05, 3.63) is 125 Å². The average molecular weight is 727 g/mol. The summed E-state index contributed by atoms with van der Waals surface area (Å²) in [5.74, 6) is -0.632. The largest absolute Gasteiger partial charge is 0.508 e. The monoisotopic (exact) mass is 726 g/mol. The van der Waals surface area contributed by atoms with Crippen LogP contribution in [-0.2, 0) is 9.59 Å². The molecule has 0 saturated carbocycles. The van der Waals surface area contributed by atoms with Crippen molar-refractivity contribution in [2.45, 2.75) is 45.1 Å². The number of amides is 3. The molecule has 0 bridgehead atoms.